The molecule has 0 unspecified atom stereocenters. The number of aromatic nitrogens is 2. The molecule has 35 heavy (non-hydrogen) atoms. The van der Waals surface area contributed by atoms with Gasteiger partial charge in [0, 0.05) is 34.7 Å². The molecule has 0 spiro atoms. The zero-order chi connectivity index (χ0) is 24.8. The lowest BCUT2D eigenvalue weighted by Gasteiger charge is -2.30. The first-order valence-corrected chi connectivity index (χ1v) is 12.0. The lowest BCUT2D eigenvalue weighted by atomic mass is 10.1. The van der Waals surface area contributed by atoms with E-state index in [0.29, 0.717) is 48.9 Å². The number of nitrogens with one attached hydrogen (secondary N) is 2. The number of fused-ring (bicyclic) bond motifs is 1. The Bertz CT molecular complexity index is 1250. The second kappa shape index (κ2) is 11.3. The number of ether oxygens (including phenoxy) is 2. The molecular formula is C25H26BrN5O4. The quantitative estimate of drug-likeness (QED) is 0.236. The van der Waals surface area contributed by atoms with E-state index in [-0.39, 0.29) is 24.5 Å². The van der Waals surface area contributed by atoms with Crippen LogP contribution < -0.4 is 15.4 Å². The van der Waals surface area contributed by atoms with Crippen LogP contribution in [0.15, 0.2) is 59.9 Å². The van der Waals surface area contributed by atoms with E-state index in [1.54, 1.807) is 12.1 Å². The van der Waals surface area contributed by atoms with Gasteiger partial charge in [-0.15, -0.1) is 0 Å². The highest BCUT2D eigenvalue weighted by molar-refractivity contribution is 9.10. The second-order valence-electron chi connectivity index (χ2n) is 8.15. The van der Waals surface area contributed by atoms with Gasteiger partial charge in [-0.2, -0.15) is 0 Å². The third kappa shape index (κ3) is 6.55. The zero-order valence-electron chi connectivity index (χ0n) is 19.3. The Labute approximate surface area is 211 Å². The summed E-state index contributed by atoms with van der Waals surface area (Å²) in [6.07, 6.45) is 3.27. The van der Waals surface area contributed by atoms with Gasteiger partial charge in [-0.25, -0.2) is 9.97 Å². The van der Waals surface area contributed by atoms with E-state index in [1.165, 1.54) is 12.4 Å². The minimum Gasteiger partial charge on any atom is -0.491 e. The molecule has 10 heteroatoms. The number of benzene rings is 2. The maximum atomic E-state index is 12.1. The number of carbonyl (C=O) groups is 2. The lowest BCUT2D eigenvalue weighted by molar-refractivity contribution is -0.157. The van der Waals surface area contributed by atoms with Crippen LogP contribution in [0.3, 0.4) is 0 Å². The number of rotatable bonds is 9. The third-order valence-corrected chi connectivity index (χ3v) is 5.84. The summed E-state index contributed by atoms with van der Waals surface area (Å²) in [5, 5.41) is 6.83. The van der Waals surface area contributed by atoms with Crippen molar-refractivity contribution in [1.29, 1.82) is 0 Å². The molecule has 1 saturated heterocycles. The SMILES string of the molecule is C=CC(=O)Nc1cc2c(Nc3cccc(Br)c3)ncnc2cc1OCCCN1CC(=O)O[C@H](C)C1. The Morgan fingerprint density at radius 3 is 2.97 bits per heavy atom. The molecule has 9 nitrogen and oxygen atoms in total. The lowest BCUT2D eigenvalue weighted by Crippen LogP contribution is -2.44. The molecule has 0 bridgehead atoms. The van der Waals surface area contributed by atoms with Crippen molar-refractivity contribution in [2.75, 3.05) is 36.9 Å². The average Bonchev–Trinajstić information content (AvgIpc) is 2.81. The van der Waals surface area contributed by atoms with Gasteiger partial charge in [0.1, 0.15) is 24.0 Å². The van der Waals surface area contributed by atoms with Gasteiger partial charge in [0.15, 0.2) is 0 Å². The number of cyclic esters (lactones) is 1. The van der Waals surface area contributed by atoms with Crippen molar-refractivity contribution in [3.05, 3.63) is 59.9 Å². The van der Waals surface area contributed by atoms with Crippen molar-refractivity contribution in [1.82, 2.24) is 14.9 Å². The van der Waals surface area contributed by atoms with Gasteiger partial charge in [-0.3, -0.25) is 14.5 Å². The number of esters is 1. The van der Waals surface area contributed by atoms with Crippen molar-refractivity contribution in [2.24, 2.45) is 0 Å². The predicted octanol–water partition coefficient (Wildman–Crippen LogP) is 4.28. The topological polar surface area (TPSA) is 106 Å². The molecule has 1 amide bonds. The Kier molecular flexibility index (Phi) is 7.94. The highest BCUT2D eigenvalue weighted by Crippen LogP contribution is 2.33. The first-order chi connectivity index (χ1) is 16.9. The maximum absolute atomic E-state index is 12.1. The molecule has 1 atom stereocenters. The number of nitrogens with zero attached hydrogens (tertiary/aromatic N) is 3. The largest absolute Gasteiger partial charge is 0.491 e. The van der Waals surface area contributed by atoms with Gasteiger partial charge in [0.25, 0.3) is 0 Å². The van der Waals surface area contributed by atoms with Crippen LogP contribution in [0.4, 0.5) is 17.2 Å². The van der Waals surface area contributed by atoms with Gasteiger partial charge < -0.3 is 20.1 Å². The summed E-state index contributed by atoms with van der Waals surface area (Å²) in [4.78, 5) is 34.6. The van der Waals surface area contributed by atoms with Crippen LogP contribution in [-0.4, -0.2) is 59.1 Å². The van der Waals surface area contributed by atoms with E-state index in [1.807, 2.05) is 36.1 Å². The Hall–Kier alpha value is -3.50. The van der Waals surface area contributed by atoms with E-state index in [0.717, 1.165) is 15.5 Å². The summed E-state index contributed by atoms with van der Waals surface area (Å²) < 4.78 is 12.1. The van der Waals surface area contributed by atoms with Crippen LogP contribution in [0, 0.1) is 0 Å². The minimum atomic E-state index is -0.353. The summed E-state index contributed by atoms with van der Waals surface area (Å²) >= 11 is 3.47. The Morgan fingerprint density at radius 1 is 1.34 bits per heavy atom. The Balaban J connectivity index is 1.53. The smallest absolute Gasteiger partial charge is 0.320 e. The van der Waals surface area contributed by atoms with Gasteiger partial charge in [0.05, 0.1) is 24.4 Å². The fourth-order valence-electron chi connectivity index (χ4n) is 3.84. The predicted molar refractivity (Wildman–Crippen MR) is 138 cm³/mol. The number of hydrogen-bond donors (Lipinski definition) is 2. The normalized spacial score (nSPS) is 15.9. The molecule has 2 aromatic carbocycles. The molecule has 1 fully saturated rings. The minimum absolute atomic E-state index is 0.113. The molecule has 182 valence electrons. The summed E-state index contributed by atoms with van der Waals surface area (Å²) in [6.45, 7) is 7.50. The van der Waals surface area contributed by atoms with Crippen LogP contribution in [-0.2, 0) is 14.3 Å². The fraction of sp³-hybridized carbons (Fsp3) is 0.280. The van der Waals surface area contributed by atoms with Crippen LogP contribution in [0.2, 0.25) is 0 Å². The van der Waals surface area contributed by atoms with Crippen molar-refractivity contribution in [3.8, 4) is 5.75 Å². The standard InChI is InChI=1S/C25H26BrN5O4/c1-3-23(32)30-21-11-19-20(27-15-28-25(19)29-18-7-4-6-17(26)10-18)12-22(21)34-9-5-8-31-13-16(2)35-24(33)14-31/h3-4,6-7,10-12,15-16H,1,5,8-9,13-14H2,2H3,(H,30,32)(H,27,28,29)/t16-/m1/s1. The molecule has 0 radical (unpaired) electrons. The van der Waals surface area contributed by atoms with Crippen LogP contribution >= 0.6 is 15.9 Å². The van der Waals surface area contributed by atoms with Crippen molar-refractivity contribution in [2.45, 2.75) is 19.4 Å². The molecule has 1 aliphatic rings. The molecule has 2 N–H and O–H groups in total. The highest BCUT2D eigenvalue weighted by atomic mass is 79.9. The maximum Gasteiger partial charge on any atom is 0.320 e. The van der Waals surface area contributed by atoms with Crippen molar-refractivity contribution in [3.63, 3.8) is 0 Å². The fourth-order valence-corrected chi connectivity index (χ4v) is 4.24. The molecule has 3 aromatic rings. The number of hydrogen-bond acceptors (Lipinski definition) is 8. The molecule has 2 heterocycles. The summed E-state index contributed by atoms with van der Waals surface area (Å²) in [7, 11) is 0. The zero-order valence-corrected chi connectivity index (χ0v) is 20.9. The number of amides is 1. The summed E-state index contributed by atoms with van der Waals surface area (Å²) in [6, 6.07) is 11.3. The second-order valence-corrected chi connectivity index (χ2v) is 9.07. The molecule has 1 aliphatic heterocycles. The third-order valence-electron chi connectivity index (χ3n) is 5.34. The van der Waals surface area contributed by atoms with Gasteiger partial charge >= 0.3 is 5.97 Å². The number of carbonyl (C=O) groups excluding carboxylic acids is 2. The van der Waals surface area contributed by atoms with E-state index >= 15 is 0 Å². The van der Waals surface area contributed by atoms with Crippen LogP contribution in [0.5, 0.6) is 5.75 Å². The number of morpholine rings is 1. The van der Waals surface area contributed by atoms with Crippen molar-refractivity contribution >= 4 is 55.9 Å². The molecule has 0 aliphatic carbocycles. The molecule has 0 saturated carbocycles. The monoisotopic (exact) mass is 539 g/mol. The molecule has 1 aromatic heterocycles. The van der Waals surface area contributed by atoms with E-state index in [9.17, 15) is 9.59 Å². The van der Waals surface area contributed by atoms with E-state index in [2.05, 4.69) is 43.1 Å². The summed E-state index contributed by atoms with van der Waals surface area (Å²) in [5.74, 6) is 0.528. The van der Waals surface area contributed by atoms with Crippen LogP contribution in [0.25, 0.3) is 10.9 Å². The van der Waals surface area contributed by atoms with Crippen molar-refractivity contribution < 1.29 is 19.1 Å². The van der Waals surface area contributed by atoms with E-state index in [4.69, 9.17) is 9.47 Å². The van der Waals surface area contributed by atoms with Gasteiger partial charge in [-0.05, 0) is 43.7 Å². The van der Waals surface area contributed by atoms with Gasteiger partial charge in [-0.1, -0.05) is 28.6 Å². The first kappa shape index (κ1) is 24.6. The van der Waals surface area contributed by atoms with E-state index < -0.39 is 0 Å². The Morgan fingerprint density at radius 2 is 2.20 bits per heavy atom. The first-order valence-electron chi connectivity index (χ1n) is 11.2. The molecule has 4 rings (SSSR count). The highest BCUT2D eigenvalue weighted by Gasteiger charge is 2.23. The van der Waals surface area contributed by atoms with Gasteiger partial charge in [0.2, 0.25) is 5.91 Å². The molecular weight excluding hydrogens is 514 g/mol. The number of anilines is 3. The number of halogens is 1. The average molecular weight is 540 g/mol. The van der Waals surface area contributed by atoms with Crippen LogP contribution in [0.1, 0.15) is 13.3 Å². The summed E-state index contributed by atoms with van der Waals surface area (Å²) in [5.41, 5.74) is 2.01.